The Morgan fingerprint density at radius 1 is 1.18 bits per heavy atom. The lowest BCUT2D eigenvalue weighted by Crippen LogP contribution is -2.12. The molecule has 1 radical (unpaired) electrons. The molecule has 0 saturated carbocycles. The Hall–Kier alpha value is -0.0400. The van der Waals surface area contributed by atoms with Crippen LogP contribution in [0, 0.1) is 5.92 Å². The predicted molar refractivity (Wildman–Crippen MR) is 49.4 cm³/mol. The summed E-state index contributed by atoms with van der Waals surface area (Å²) in [6, 6.07) is 0. The van der Waals surface area contributed by atoms with E-state index in [4.69, 9.17) is 0 Å². The molecule has 0 rings (SSSR count). The fourth-order valence-corrected chi connectivity index (χ4v) is 1.05. The molecule has 11 heavy (non-hydrogen) atoms. The van der Waals surface area contributed by atoms with Crippen LogP contribution in [-0.2, 0) is 0 Å². The van der Waals surface area contributed by atoms with E-state index >= 15 is 0 Å². The molecule has 0 saturated heterocycles. The van der Waals surface area contributed by atoms with E-state index < -0.39 is 0 Å². The Morgan fingerprint density at radius 2 is 1.82 bits per heavy atom. The average Bonchev–Trinajstić information content (AvgIpc) is 1.97. The highest BCUT2D eigenvalue weighted by atomic mass is 16.3. The van der Waals surface area contributed by atoms with Crippen molar-refractivity contribution >= 4 is 0 Å². The molecule has 1 unspecified atom stereocenters. The van der Waals surface area contributed by atoms with E-state index in [1.54, 1.807) is 0 Å². The van der Waals surface area contributed by atoms with Gasteiger partial charge in [0.25, 0.3) is 0 Å². The van der Waals surface area contributed by atoms with E-state index in [9.17, 15) is 5.11 Å². The highest BCUT2D eigenvalue weighted by molar-refractivity contribution is 4.86. The van der Waals surface area contributed by atoms with Gasteiger partial charge < -0.3 is 5.11 Å². The molecular formula is C10H21O. The van der Waals surface area contributed by atoms with Crippen molar-refractivity contribution in [3.63, 3.8) is 0 Å². The van der Waals surface area contributed by atoms with Crippen molar-refractivity contribution in [3.8, 4) is 0 Å². The first kappa shape index (κ1) is 11.0. The van der Waals surface area contributed by atoms with Gasteiger partial charge in [-0.2, -0.15) is 0 Å². The van der Waals surface area contributed by atoms with Gasteiger partial charge in [-0.1, -0.05) is 46.5 Å². The Labute approximate surface area is 70.8 Å². The highest BCUT2D eigenvalue weighted by Crippen LogP contribution is 2.12. The predicted octanol–water partition coefficient (Wildman–Crippen LogP) is 2.93. The summed E-state index contributed by atoms with van der Waals surface area (Å²) < 4.78 is 0. The van der Waals surface area contributed by atoms with Crippen LogP contribution in [0.5, 0.6) is 0 Å². The normalized spacial score (nSPS) is 13.9. The van der Waals surface area contributed by atoms with Gasteiger partial charge in [0.15, 0.2) is 0 Å². The molecule has 1 atom stereocenters. The molecule has 67 valence electrons. The molecule has 0 amide bonds. The first-order chi connectivity index (χ1) is 5.18. The molecule has 0 aliphatic rings. The monoisotopic (exact) mass is 157 g/mol. The van der Waals surface area contributed by atoms with Gasteiger partial charge in [-0.05, 0) is 12.3 Å². The second-order valence-electron chi connectivity index (χ2n) is 3.44. The number of rotatable bonds is 6. The summed E-state index contributed by atoms with van der Waals surface area (Å²) in [5, 5.41) is 9.39. The molecule has 0 heterocycles. The van der Waals surface area contributed by atoms with Crippen molar-refractivity contribution in [1.29, 1.82) is 0 Å². The summed E-state index contributed by atoms with van der Waals surface area (Å²) in [6.07, 6.45) is 5.79. The van der Waals surface area contributed by atoms with E-state index in [0.29, 0.717) is 0 Å². The third-order valence-electron chi connectivity index (χ3n) is 2.00. The van der Waals surface area contributed by atoms with Gasteiger partial charge in [0.2, 0.25) is 0 Å². The van der Waals surface area contributed by atoms with Gasteiger partial charge in [-0.3, -0.25) is 0 Å². The van der Waals surface area contributed by atoms with Gasteiger partial charge in [0.05, 0.1) is 6.10 Å². The molecule has 1 nitrogen and oxygen atoms in total. The third-order valence-corrected chi connectivity index (χ3v) is 2.00. The van der Waals surface area contributed by atoms with Crippen LogP contribution in [0.3, 0.4) is 0 Å². The smallest absolute Gasteiger partial charge is 0.0597 e. The van der Waals surface area contributed by atoms with Crippen LogP contribution in [0.1, 0.15) is 52.9 Å². The van der Waals surface area contributed by atoms with Crippen LogP contribution >= 0.6 is 0 Å². The van der Waals surface area contributed by atoms with E-state index in [1.807, 2.05) is 13.8 Å². The van der Waals surface area contributed by atoms with Crippen molar-refractivity contribution in [3.05, 3.63) is 5.92 Å². The lowest BCUT2D eigenvalue weighted by atomic mass is 10.0. The second kappa shape index (κ2) is 6.66. The minimum absolute atomic E-state index is 0.160. The van der Waals surface area contributed by atoms with Gasteiger partial charge in [0.1, 0.15) is 0 Å². The molecule has 1 N–H and O–H groups in total. The maximum absolute atomic E-state index is 9.39. The maximum Gasteiger partial charge on any atom is 0.0597 e. The zero-order valence-corrected chi connectivity index (χ0v) is 8.06. The molecule has 0 spiro atoms. The van der Waals surface area contributed by atoms with Gasteiger partial charge in [0, 0.05) is 0 Å². The van der Waals surface area contributed by atoms with Crippen molar-refractivity contribution in [1.82, 2.24) is 0 Å². The number of unbranched alkanes of at least 4 members (excludes halogenated alkanes) is 3. The van der Waals surface area contributed by atoms with E-state index in [-0.39, 0.29) is 6.10 Å². The number of hydrogen-bond acceptors (Lipinski definition) is 1. The summed E-state index contributed by atoms with van der Waals surface area (Å²) in [4.78, 5) is 0. The Kier molecular flexibility index (Phi) is 6.63. The average molecular weight is 157 g/mol. The van der Waals surface area contributed by atoms with E-state index in [1.165, 1.54) is 25.7 Å². The molecule has 0 aliphatic heterocycles. The standard InChI is InChI=1S/C10H21O/c1-4-5-6-7-8-10(11)9(2)3/h10-11H,4-8H2,1-3H3. The molecule has 1 heteroatoms. The summed E-state index contributed by atoms with van der Waals surface area (Å²) >= 11 is 0. The molecule has 0 aromatic heterocycles. The van der Waals surface area contributed by atoms with Crippen molar-refractivity contribution in [2.24, 2.45) is 0 Å². The summed E-state index contributed by atoms with van der Waals surface area (Å²) in [5.41, 5.74) is 0. The summed E-state index contributed by atoms with van der Waals surface area (Å²) in [7, 11) is 0. The SMILES string of the molecule is CCCCCCC(O)[C](C)C. The molecule has 0 bridgehead atoms. The number of aliphatic hydroxyl groups excluding tert-OH is 1. The zero-order valence-electron chi connectivity index (χ0n) is 8.06. The lowest BCUT2D eigenvalue weighted by Gasteiger charge is -2.12. The van der Waals surface area contributed by atoms with Crippen LogP contribution in [0.2, 0.25) is 0 Å². The topological polar surface area (TPSA) is 20.2 Å². The highest BCUT2D eigenvalue weighted by Gasteiger charge is 2.07. The largest absolute Gasteiger partial charge is 0.393 e. The van der Waals surface area contributed by atoms with Crippen LogP contribution in [0.15, 0.2) is 0 Å². The Bertz CT molecular complexity index is 78.9. The van der Waals surface area contributed by atoms with Crippen LogP contribution in [0.4, 0.5) is 0 Å². The molecule has 0 fully saturated rings. The summed E-state index contributed by atoms with van der Waals surface area (Å²) in [5.74, 6) is 1.14. The molecule has 0 aromatic carbocycles. The fourth-order valence-electron chi connectivity index (χ4n) is 1.05. The van der Waals surface area contributed by atoms with Crippen LogP contribution in [0.25, 0.3) is 0 Å². The van der Waals surface area contributed by atoms with Crippen molar-refractivity contribution < 1.29 is 5.11 Å². The summed E-state index contributed by atoms with van der Waals surface area (Å²) in [6.45, 7) is 6.18. The molecule has 0 aliphatic carbocycles. The Morgan fingerprint density at radius 3 is 2.27 bits per heavy atom. The minimum atomic E-state index is -0.160. The van der Waals surface area contributed by atoms with Crippen LogP contribution in [-0.4, -0.2) is 11.2 Å². The van der Waals surface area contributed by atoms with E-state index in [2.05, 4.69) is 6.92 Å². The fraction of sp³-hybridized carbons (Fsp3) is 0.900. The quantitative estimate of drug-likeness (QED) is 0.588. The number of hydrogen-bond donors (Lipinski definition) is 1. The van der Waals surface area contributed by atoms with Gasteiger partial charge >= 0.3 is 0 Å². The number of aliphatic hydroxyl groups is 1. The molecule has 0 aromatic rings. The Balaban J connectivity index is 3.10. The zero-order chi connectivity index (χ0) is 8.69. The second-order valence-corrected chi connectivity index (χ2v) is 3.44. The maximum atomic E-state index is 9.39. The van der Waals surface area contributed by atoms with Gasteiger partial charge in [-0.15, -0.1) is 0 Å². The first-order valence-electron chi connectivity index (χ1n) is 4.66. The first-order valence-corrected chi connectivity index (χ1v) is 4.66. The third kappa shape index (κ3) is 6.36. The van der Waals surface area contributed by atoms with Crippen molar-refractivity contribution in [2.45, 2.75) is 59.0 Å². The van der Waals surface area contributed by atoms with Gasteiger partial charge in [-0.25, -0.2) is 0 Å². The van der Waals surface area contributed by atoms with E-state index in [0.717, 1.165) is 12.3 Å². The van der Waals surface area contributed by atoms with Crippen LogP contribution < -0.4 is 0 Å². The lowest BCUT2D eigenvalue weighted by molar-refractivity contribution is 0.174. The van der Waals surface area contributed by atoms with Crippen molar-refractivity contribution in [2.75, 3.05) is 0 Å². The molecular weight excluding hydrogens is 136 g/mol. The minimum Gasteiger partial charge on any atom is -0.393 e.